The molecule has 5 atom stereocenters. The minimum absolute atomic E-state index is 0.00645. The summed E-state index contributed by atoms with van der Waals surface area (Å²) in [5, 5.41) is 9.50. The molecule has 298 valence electrons. The first-order valence-corrected chi connectivity index (χ1v) is 19.9. The van der Waals surface area contributed by atoms with Gasteiger partial charge in [0.1, 0.15) is 23.7 Å². The number of methoxy groups -OCH3 is 2. The highest BCUT2D eigenvalue weighted by Gasteiger charge is 2.70. The second-order valence-electron chi connectivity index (χ2n) is 14.5. The number of ether oxygens (including phenoxy) is 5. The van der Waals surface area contributed by atoms with Gasteiger partial charge in [-0.15, -0.1) is 0 Å². The molecule has 3 aromatic carbocycles. The van der Waals surface area contributed by atoms with Gasteiger partial charge in [-0.2, -0.15) is 5.26 Å². The van der Waals surface area contributed by atoms with Gasteiger partial charge in [0, 0.05) is 23.8 Å². The molecule has 6 rings (SSSR count). The van der Waals surface area contributed by atoms with Gasteiger partial charge in [-0.25, -0.2) is 9.46 Å². The van der Waals surface area contributed by atoms with Crippen LogP contribution in [0.5, 0.6) is 11.5 Å². The first-order valence-electron chi connectivity index (χ1n) is 18.8. The van der Waals surface area contributed by atoms with E-state index in [1.807, 2.05) is 78.9 Å². The Morgan fingerprint density at radius 2 is 1.57 bits per heavy atom. The summed E-state index contributed by atoms with van der Waals surface area (Å²) in [5.41, 5.74) is -1.12. The Morgan fingerprint density at radius 3 is 2.12 bits per heavy atom. The maximum Gasteiger partial charge on any atom is 0.328 e. The number of nitrogens with zero attached hydrogens (tertiary/aromatic N) is 3. The largest absolute Gasteiger partial charge is 0.497 e. The van der Waals surface area contributed by atoms with E-state index in [4.69, 9.17) is 32.7 Å². The van der Waals surface area contributed by atoms with Crippen molar-refractivity contribution in [3.8, 4) is 17.6 Å². The van der Waals surface area contributed by atoms with Crippen LogP contribution in [-0.2, 0) is 35.5 Å². The van der Waals surface area contributed by atoms with E-state index in [0.717, 1.165) is 16.7 Å². The zero-order valence-electron chi connectivity index (χ0n) is 33.0. The van der Waals surface area contributed by atoms with Crippen molar-refractivity contribution in [2.45, 2.75) is 89.2 Å². The quantitative estimate of drug-likeness (QED) is 0.0938. The third-order valence-electron chi connectivity index (χ3n) is 10.4. The van der Waals surface area contributed by atoms with E-state index in [1.54, 1.807) is 21.1 Å². The number of aromatic nitrogens is 2. The van der Waals surface area contributed by atoms with Gasteiger partial charge < -0.3 is 32.7 Å². The molecule has 2 unspecified atom stereocenters. The third-order valence-corrected chi connectivity index (χ3v) is 12.5. The minimum atomic E-state index is -1.86. The molecule has 2 fully saturated rings. The monoisotopic (exact) mass is 786 g/mol. The summed E-state index contributed by atoms with van der Waals surface area (Å²) in [4.78, 5) is 28.5. The molecule has 0 radical (unpaired) electrons. The van der Waals surface area contributed by atoms with E-state index in [-0.39, 0.29) is 44.9 Å². The van der Waals surface area contributed by atoms with E-state index < -0.39 is 49.2 Å². The number of benzene rings is 3. The standard InChI is InChI=1S/C42H51N4O9P/c1-28(2)46(29(3)4)56(54-23-11-22-43)55-38-37-36(45-24-30(5)39(47)44-40(45)48)26-52-41(38,27-51-37)42(32-14-18-34(49-6)19-15-32,33-16-20-35(50-7)21-17-33)53-25-31-12-9-8-10-13-31/h8-10,12-21,24,28-29,36-38H,11,23,25-27H2,1-7H3,(H,44,47,48)/t36?,37-,38-,41-,56?/m0/s1. The van der Waals surface area contributed by atoms with Gasteiger partial charge in [0.25, 0.3) is 14.1 Å². The number of rotatable bonds is 17. The number of hydrogen-bond acceptors (Lipinski definition) is 11. The smallest absolute Gasteiger partial charge is 0.328 e. The van der Waals surface area contributed by atoms with E-state index in [9.17, 15) is 14.9 Å². The lowest BCUT2D eigenvalue weighted by molar-refractivity contribution is -0.242. The number of aromatic amines is 1. The predicted molar refractivity (Wildman–Crippen MR) is 212 cm³/mol. The van der Waals surface area contributed by atoms with Crippen LogP contribution in [0, 0.1) is 18.3 Å². The van der Waals surface area contributed by atoms with Gasteiger partial charge in [0.15, 0.2) is 11.2 Å². The van der Waals surface area contributed by atoms with Gasteiger partial charge >= 0.3 is 5.69 Å². The van der Waals surface area contributed by atoms with E-state index in [2.05, 4.69) is 43.4 Å². The van der Waals surface area contributed by atoms with Crippen LogP contribution in [0.1, 0.15) is 62.4 Å². The average molecular weight is 787 g/mol. The molecule has 0 aliphatic carbocycles. The molecule has 14 heteroatoms. The Kier molecular flexibility index (Phi) is 13.1. The Labute approximate surface area is 329 Å². The fourth-order valence-corrected chi connectivity index (χ4v) is 9.58. The Hall–Kier alpha value is -4.38. The van der Waals surface area contributed by atoms with Crippen molar-refractivity contribution in [3.05, 3.63) is 128 Å². The van der Waals surface area contributed by atoms with Crippen LogP contribution >= 0.6 is 8.53 Å². The predicted octanol–water partition coefficient (Wildman–Crippen LogP) is 6.39. The fraction of sp³-hybridized carbons (Fsp3) is 0.452. The van der Waals surface area contributed by atoms with E-state index in [0.29, 0.717) is 17.1 Å². The van der Waals surface area contributed by atoms with Crippen LogP contribution in [0.3, 0.4) is 0 Å². The number of hydrogen-bond donors (Lipinski definition) is 1. The van der Waals surface area contributed by atoms with Crippen molar-refractivity contribution in [2.24, 2.45) is 0 Å². The van der Waals surface area contributed by atoms with Crippen molar-refractivity contribution in [1.82, 2.24) is 14.2 Å². The number of nitrogens with one attached hydrogen (secondary N) is 1. The van der Waals surface area contributed by atoms with Crippen molar-refractivity contribution in [3.63, 3.8) is 0 Å². The lowest BCUT2D eigenvalue weighted by Crippen LogP contribution is -2.67. The maximum absolute atomic E-state index is 13.5. The van der Waals surface area contributed by atoms with Gasteiger partial charge in [0.2, 0.25) is 0 Å². The summed E-state index contributed by atoms with van der Waals surface area (Å²) >= 11 is 0. The Balaban J connectivity index is 1.62. The molecular weight excluding hydrogens is 735 g/mol. The number of aryl methyl sites for hydroxylation is 1. The highest BCUT2D eigenvalue weighted by atomic mass is 31.2. The third kappa shape index (κ3) is 7.93. The molecule has 0 saturated carbocycles. The highest BCUT2D eigenvalue weighted by Crippen LogP contribution is 2.60. The second-order valence-corrected chi connectivity index (χ2v) is 15.9. The number of fused-ring (bicyclic) bond motifs is 2. The van der Waals surface area contributed by atoms with Gasteiger partial charge in [-0.3, -0.25) is 14.3 Å². The number of nitriles is 1. The first kappa shape index (κ1) is 41.3. The summed E-state index contributed by atoms with van der Waals surface area (Å²) in [7, 11) is 1.37. The summed E-state index contributed by atoms with van der Waals surface area (Å²) in [6.07, 6.45) is -0.0230. The summed E-state index contributed by atoms with van der Waals surface area (Å²) < 4.78 is 50.1. The minimum Gasteiger partial charge on any atom is -0.497 e. The average Bonchev–Trinajstić information content (AvgIpc) is 3.43. The van der Waals surface area contributed by atoms with Crippen LogP contribution in [0.4, 0.5) is 0 Å². The van der Waals surface area contributed by atoms with E-state index in [1.165, 1.54) is 10.8 Å². The van der Waals surface area contributed by atoms with E-state index >= 15 is 0 Å². The van der Waals surface area contributed by atoms with Crippen LogP contribution in [-0.4, -0.2) is 78.2 Å². The molecule has 2 aliphatic rings. The van der Waals surface area contributed by atoms with Gasteiger partial charge in [0.05, 0.1) is 59.2 Å². The van der Waals surface area contributed by atoms with Gasteiger partial charge in [-0.05, 0) is 75.6 Å². The fourth-order valence-electron chi connectivity index (χ4n) is 7.79. The SMILES string of the molecule is COc1ccc(C(OCc2ccccc2)(c2ccc(OC)cc2)[C@@]23CO[C@@H](C(n4cc(C)c(=O)[nH]c4=O)CO2)[C@@H]3OP(OCCC#N)N(C(C)C)C(C)C)cc1. The molecule has 0 spiro atoms. The molecule has 56 heavy (non-hydrogen) atoms. The van der Waals surface area contributed by atoms with Crippen molar-refractivity contribution in [1.29, 1.82) is 5.26 Å². The van der Waals surface area contributed by atoms with Gasteiger partial charge in [-0.1, -0.05) is 54.6 Å². The van der Waals surface area contributed by atoms with Crippen LogP contribution in [0.25, 0.3) is 0 Å². The molecule has 1 N–H and O–H groups in total. The summed E-state index contributed by atoms with van der Waals surface area (Å²) in [6, 6.07) is 26.7. The van der Waals surface area contributed by atoms with Crippen molar-refractivity contribution >= 4 is 8.53 Å². The first-order chi connectivity index (χ1) is 27.0. The maximum atomic E-state index is 13.5. The normalized spacial score (nSPS) is 21.3. The molecule has 3 heterocycles. The van der Waals surface area contributed by atoms with Crippen LogP contribution in [0.15, 0.2) is 94.6 Å². The lowest BCUT2D eigenvalue weighted by Gasteiger charge is -2.54. The molecule has 2 bridgehead atoms. The zero-order chi connectivity index (χ0) is 40.0. The molecule has 2 aliphatic heterocycles. The van der Waals surface area contributed by atoms with Crippen LogP contribution < -0.4 is 20.7 Å². The molecule has 4 aromatic rings. The van der Waals surface area contributed by atoms with Crippen molar-refractivity contribution < 1.29 is 32.7 Å². The highest BCUT2D eigenvalue weighted by molar-refractivity contribution is 7.44. The summed E-state index contributed by atoms with van der Waals surface area (Å²) in [6.45, 7) is 10.2. The van der Waals surface area contributed by atoms with Crippen molar-refractivity contribution in [2.75, 3.05) is 34.0 Å². The molecule has 13 nitrogen and oxygen atoms in total. The van der Waals surface area contributed by atoms with Crippen LogP contribution in [0.2, 0.25) is 0 Å². The zero-order valence-corrected chi connectivity index (χ0v) is 33.9. The summed E-state index contributed by atoms with van der Waals surface area (Å²) in [5.74, 6) is 1.31. The Morgan fingerprint density at radius 1 is 0.964 bits per heavy atom. The molecule has 2 saturated heterocycles. The molecule has 1 aromatic heterocycles. The molecular formula is C42H51N4O9P. The second kappa shape index (κ2) is 17.8. The number of H-pyrrole nitrogens is 1. The molecule has 0 amide bonds. The topological polar surface area (TPSA) is 147 Å². The lowest BCUT2D eigenvalue weighted by atomic mass is 9.68. The Bertz CT molecular complexity index is 2010.